The molecule has 0 aliphatic heterocycles. The van der Waals surface area contributed by atoms with Gasteiger partial charge in [0.15, 0.2) is 17.5 Å². The van der Waals surface area contributed by atoms with E-state index in [0.29, 0.717) is 17.5 Å². The Balaban J connectivity index is 1.21. The Labute approximate surface area is 294 Å². The van der Waals surface area contributed by atoms with E-state index in [9.17, 15) is 0 Å². The van der Waals surface area contributed by atoms with E-state index in [-0.39, 0.29) is 0 Å². The predicted molar refractivity (Wildman–Crippen MR) is 209 cm³/mol. The van der Waals surface area contributed by atoms with Gasteiger partial charge < -0.3 is 4.42 Å². The van der Waals surface area contributed by atoms with Crippen LogP contribution in [-0.4, -0.2) is 15.0 Å². The van der Waals surface area contributed by atoms with E-state index in [1.54, 1.807) is 0 Å². The first kappa shape index (κ1) is 29.0. The third kappa shape index (κ3) is 5.04. The zero-order chi connectivity index (χ0) is 33.7. The first-order chi connectivity index (χ1) is 25.3. The van der Waals surface area contributed by atoms with Crippen molar-refractivity contribution < 1.29 is 4.42 Å². The number of nitrogens with zero attached hydrogens (tertiary/aromatic N) is 3. The molecule has 0 amide bonds. The lowest BCUT2D eigenvalue weighted by Gasteiger charge is -2.12. The normalized spacial score (nSPS) is 11.5. The fraction of sp³-hybridized carbons (Fsp3) is 0. The van der Waals surface area contributed by atoms with Crippen molar-refractivity contribution in [3.05, 3.63) is 176 Å². The van der Waals surface area contributed by atoms with Crippen LogP contribution in [0.5, 0.6) is 0 Å². The zero-order valence-corrected chi connectivity index (χ0v) is 27.5. The smallest absolute Gasteiger partial charge is 0.164 e. The summed E-state index contributed by atoms with van der Waals surface area (Å²) < 4.78 is 6.71. The largest absolute Gasteiger partial charge is 0.455 e. The lowest BCUT2D eigenvalue weighted by atomic mass is 9.94. The highest BCUT2D eigenvalue weighted by Crippen LogP contribution is 2.43. The van der Waals surface area contributed by atoms with Crippen LogP contribution in [0.25, 0.3) is 99.9 Å². The van der Waals surface area contributed by atoms with Gasteiger partial charge in [-0.2, -0.15) is 0 Å². The molecule has 51 heavy (non-hydrogen) atoms. The van der Waals surface area contributed by atoms with Crippen LogP contribution < -0.4 is 0 Å². The van der Waals surface area contributed by atoms with Crippen molar-refractivity contribution in [2.75, 3.05) is 0 Å². The van der Waals surface area contributed by atoms with E-state index >= 15 is 0 Å². The third-order valence-electron chi connectivity index (χ3n) is 9.74. The van der Waals surface area contributed by atoms with Gasteiger partial charge >= 0.3 is 0 Å². The monoisotopic (exact) mass is 651 g/mol. The van der Waals surface area contributed by atoms with Crippen molar-refractivity contribution in [2.45, 2.75) is 0 Å². The molecule has 0 radical (unpaired) electrons. The van der Waals surface area contributed by atoms with Crippen LogP contribution in [0.2, 0.25) is 0 Å². The van der Waals surface area contributed by atoms with Gasteiger partial charge in [-0.3, -0.25) is 0 Å². The lowest BCUT2D eigenvalue weighted by Crippen LogP contribution is -2.00. The number of rotatable bonds is 5. The lowest BCUT2D eigenvalue weighted by molar-refractivity contribution is 0.670. The van der Waals surface area contributed by atoms with Crippen molar-refractivity contribution >= 4 is 43.5 Å². The van der Waals surface area contributed by atoms with E-state index in [4.69, 9.17) is 19.4 Å². The van der Waals surface area contributed by atoms with Gasteiger partial charge in [-0.05, 0) is 62.5 Å². The van der Waals surface area contributed by atoms with Crippen molar-refractivity contribution in [3.8, 4) is 56.4 Å². The van der Waals surface area contributed by atoms with E-state index in [2.05, 4.69) is 158 Å². The zero-order valence-electron chi connectivity index (χ0n) is 27.5. The molecule has 0 fully saturated rings. The van der Waals surface area contributed by atoms with Gasteiger partial charge in [0, 0.05) is 33.0 Å². The standard InChI is InChI=1S/C47H29N3O/c1-2-11-30(12-3-1)32-21-24-34(25-22-32)45-48-46(36-26-23-31-13-4-5-15-35(31)29-36)50-47(49-45)41-28-27-39(38-19-10-16-33-14-6-7-17-37(33)38)44-43(41)40-18-8-9-20-42(40)51-44/h1-29H. The summed E-state index contributed by atoms with van der Waals surface area (Å²) in [4.78, 5) is 15.5. The van der Waals surface area contributed by atoms with Crippen molar-refractivity contribution in [3.63, 3.8) is 0 Å². The van der Waals surface area contributed by atoms with Crippen molar-refractivity contribution in [1.29, 1.82) is 0 Å². The maximum atomic E-state index is 6.71. The summed E-state index contributed by atoms with van der Waals surface area (Å²) in [7, 11) is 0. The van der Waals surface area contributed by atoms with Gasteiger partial charge in [0.1, 0.15) is 11.2 Å². The van der Waals surface area contributed by atoms with E-state index < -0.39 is 0 Å². The Bertz CT molecular complexity index is 2900. The quantitative estimate of drug-likeness (QED) is 0.186. The molecule has 0 N–H and O–H groups in total. The Kier molecular flexibility index (Phi) is 6.78. The molecule has 10 rings (SSSR count). The van der Waals surface area contributed by atoms with Crippen LogP contribution in [0.3, 0.4) is 0 Å². The van der Waals surface area contributed by atoms with Gasteiger partial charge in [0.2, 0.25) is 0 Å². The number of hydrogen-bond donors (Lipinski definition) is 0. The minimum atomic E-state index is 0.594. The van der Waals surface area contributed by atoms with Crippen molar-refractivity contribution in [2.24, 2.45) is 0 Å². The van der Waals surface area contributed by atoms with E-state index in [1.165, 1.54) is 16.2 Å². The second-order valence-electron chi connectivity index (χ2n) is 12.8. The first-order valence-electron chi connectivity index (χ1n) is 17.1. The number of fused-ring (bicyclic) bond motifs is 5. The molecule has 8 aromatic carbocycles. The molecule has 0 unspecified atom stereocenters. The fourth-order valence-corrected chi connectivity index (χ4v) is 7.21. The molecule has 10 aromatic rings. The number of hydrogen-bond acceptors (Lipinski definition) is 4. The van der Waals surface area contributed by atoms with Crippen LogP contribution in [0.15, 0.2) is 180 Å². The molecule has 0 spiro atoms. The molecule has 4 heteroatoms. The number of benzene rings is 8. The summed E-state index contributed by atoms with van der Waals surface area (Å²) in [6, 6.07) is 61.0. The Morgan fingerprint density at radius 3 is 1.76 bits per heavy atom. The summed E-state index contributed by atoms with van der Waals surface area (Å²) in [5, 5.41) is 6.66. The maximum absolute atomic E-state index is 6.71. The van der Waals surface area contributed by atoms with Crippen molar-refractivity contribution in [1.82, 2.24) is 15.0 Å². The Hall–Kier alpha value is -6.91. The maximum Gasteiger partial charge on any atom is 0.164 e. The highest BCUT2D eigenvalue weighted by molar-refractivity contribution is 6.17. The molecular weight excluding hydrogens is 623 g/mol. The summed E-state index contributed by atoms with van der Waals surface area (Å²) in [6.45, 7) is 0. The summed E-state index contributed by atoms with van der Waals surface area (Å²) in [5.41, 5.74) is 8.83. The third-order valence-corrected chi connectivity index (χ3v) is 9.74. The van der Waals surface area contributed by atoms with Gasteiger partial charge in [0.05, 0.1) is 0 Å². The average Bonchev–Trinajstić information content (AvgIpc) is 3.60. The fourth-order valence-electron chi connectivity index (χ4n) is 7.21. The Morgan fingerprint density at radius 1 is 0.333 bits per heavy atom. The molecule has 0 bridgehead atoms. The van der Waals surface area contributed by atoms with Crippen LogP contribution in [0, 0.1) is 0 Å². The molecule has 4 nitrogen and oxygen atoms in total. The van der Waals surface area contributed by atoms with E-state index in [1.807, 2.05) is 18.2 Å². The SMILES string of the molecule is c1ccc(-c2ccc(-c3nc(-c4ccc5ccccc5c4)nc(-c4ccc(-c5cccc6ccccc56)c5oc6ccccc6c45)n3)cc2)cc1. The molecule has 238 valence electrons. The second kappa shape index (κ2) is 11.9. The minimum absolute atomic E-state index is 0.594. The molecule has 0 saturated heterocycles. The van der Waals surface area contributed by atoms with E-state index in [0.717, 1.165) is 66.3 Å². The molecule has 0 atom stereocenters. The van der Waals surface area contributed by atoms with Gasteiger partial charge in [0.25, 0.3) is 0 Å². The molecule has 0 aliphatic carbocycles. The summed E-state index contributed by atoms with van der Waals surface area (Å²) >= 11 is 0. The summed E-state index contributed by atoms with van der Waals surface area (Å²) in [6.07, 6.45) is 0. The van der Waals surface area contributed by atoms with Crippen LogP contribution in [0.4, 0.5) is 0 Å². The summed E-state index contributed by atoms with van der Waals surface area (Å²) in [5.74, 6) is 1.82. The van der Waals surface area contributed by atoms with Crippen LogP contribution in [0.1, 0.15) is 0 Å². The highest BCUT2D eigenvalue weighted by atomic mass is 16.3. The molecular formula is C47H29N3O. The van der Waals surface area contributed by atoms with Crippen LogP contribution in [-0.2, 0) is 0 Å². The van der Waals surface area contributed by atoms with Gasteiger partial charge in [-0.1, -0.05) is 152 Å². The predicted octanol–water partition coefficient (Wildman–Crippen LogP) is 12.4. The highest BCUT2D eigenvalue weighted by Gasteiger charge is 2.21. The number of aromatic nitrogens is 3. The molecule has 2 heterocycles. The molecule has 2 aromatic heterocycles. The number of furan rings is 1. The average molecular weight is 652 g/mol. The first-order valence-corrected chi connectivity index (χ1v) is 17.1. The van der Waals surface area contributed by atoms with Gasteiger partial charge in [-0.15, -0.1) is 0 Å². The topological polar surface area (TPSA) is 51.8 Å². The Morgan fingerprint density at radius 2 is 0.922 bits per heavy atom. The second-order valence-corrected chi connectivity index (χ2v) is 12.8. The molecule has 0 aliphatic rings. The molecule has 0 saturated carbocycles. The van der Waals surface area contributed by atoms with Gasteiger partial charge in [-0.25, -0.2) is 15.0 Å². The van der Waals surface area contributed by atoms with Crippen LogP contribution >= 0.6 is 0 Å². The minimum Gasteiger partial charge on any atom is -0.455 e. The number of para-hydroxylation sites is 1.